The Morgan fingerprint density at radius 2 is 2.30 bits per heavy atom. The van der Waals surface area contributed by atoms with Crippen molar-refractivity contribution < 1.29 is 9.84 Å². The fraction of sp³-hybridized carbons (Fsp3) is 0.562. The van der Waals surface area contributed by atoms with Crippen LogP contribution in [0, 0.1) is 17.2 Å². The van der Waals surface area contributed by atoms with Crippen LogP contribution in [0.4, 0.5) is 0 Å². The summed E-state index contributed by atoms with van der Waals surface area (Å²) < 4.78 is 5.48. The maximum Gasteiger partial charge on any atom is 0.120 e. The van der Waals surface area contributed by atoms with Gasteiger partial charge in [-0.1, -0.05) is 25.3 Å². The van der Waals surface area contributed by atoms with E-state index in [9.17, 15) is 5.11 Å². The number of aliphatic hydroxyl groups excluding tert-OH is 1. The van der Waals surface area contributed by atoms with E-state index in [-0.39, 0.29) is 6.61 Å². The molecule has 4 heteroatoms. The molecule has 0 bridgehead atoms. The van der Waals surface area contributed by atoms with E-state index in [1.165, 1.54) is 25.7 Å². The van der Waals surface area contributed by atoms with Gasteiger partial charge >= 0.3 is 0 Å². The van der Waals surface area contributed by atoms with Gasteiger partial charge in [-0.2, -0.15) is 5.26 Å². The van der Waals surface area contributed by atoms with Crippen molar-refractivity contribution in [3.63, 3.8) is 0 Å². The van der Waals surface area contributed by atoms with E-state index in [1.54, 1.807) is 24.3 Å². The predicted molar refractivity (Wildman–Crippen MR) is 77.5 cm³/mol. The minimum absolute atomic E-state index is 0.241. The fourth-order valence-corrected chi connectivity index (χ4v) is 2.26. The lowest BCUT2D eigenvalue weighted by Crippen LogP contribution is -2.33. The van der Waals surface area contributed by atoms with Crippen molar-refractivity contribution in [2.75, 3.05) is 19.7 Å². The average Bonchev–Trinajstić information content (AvgIpc) is 2.43. The zero-order chi connectivity index (χ0) is 14.2. The first-order valence-corrected chi connectivity index (χ1v) is 7.29. The number of rotatable bonds is 8. The molecule has 1 atom stereocenters. The van der Waals surface area contributed by atoms with E-state index in [0.717, 1.165) is 12.5 Å². The molecule has 0 aliphatic heterocycles. The van der Waals surface area contributed by atoms with Gasteiger partial charge in [-0.25, -0.2) is 0 Å². The second-order valence-corrected chi connectivity index (χ2v) is 5.39. The predicted octanol–water partition coefficient (Wildman–Crippen LogP) is 2.08. The number of aliphatic hydroxyl groups is 1. The molecule has 1 unspecified atom stereocenters. The van der Waals surface area contributed by atoms with Gasteiger partial charge in [0.1, 0.15) is 18.5 Å². The van der Waals surface area contributed by atoms with Gasteiger partial charge in [0.05, 0.1) is 11.6 Å². The summed E-state index contributed by atoms with van der Waals surface area (Å²) >= 11 is 0. The summed E-state index contributed by atoms with van der Waals surface area (Å²) in [6.07, 6.45) is 4.79. The van der Waals surface area contributed by atoms with Gasteiger partial charge in [-0.15, -0.1) is 0 Å². The molecule has 1 aromatic rings. The molecule has 4 nitrogen and oxygen atoms in total. The fourth-order valence-electron chi connectivity index (χ4n) is 2.26. The second-order valence-electron chi connectivity index (χ2n) is 5.39. The van der Waals surface area contributed by atoms with Crippen molar-refractivity contribution in [2.24, 2.45) is 5.92 Å². The number of ether oxygens (including phenoxy) is 1. The van der Waals surface area contributed by atoms with Crippen LogP contribution in [0.15, 0.2) is 24.3 Å². The molecule has 1 saturated carbocycles. The van der Waals surface area contributed by atoms with E-state index >= 15 is 0 Å². The molecule has 0 radical (unpaired) electrons. The quantitative estimate of drug-likeness (QED) is 0.712. The summed E-state index contributed by atoms with van der Waals surface area (Å²) in [7, 11) is 0. The Hall–Kier alpha value is -1.57. The molecule has 20 heavy (non-hydrogen) atoms. The van der Waals surface area contributed by atoms with E-state index in [1.807, 2.05) is 0 Å². The van der Waals surface area contributed by atoms with Crippen molar-refractivity contribution in [1.82, 2.24) is 5.32 Å². The highest BCUT2D eigenvalue weighted by molar-refractivity contribution is 5.36. The van der Waals surface area contributed by atoms with Crippen molar-refractivity contribution >= 4 is 0 Å². The minimum Gasteiger partial charge on any atom is -0.491 e. The van der Waals surface area contributed by atoms with Gasteiger partial charge in [0.2, 0.25) is 0 Å². The Bertz CT molecular complexity index is 452. The molecule has 0 spiro atoms. The Balaban J connectivity index is 1.59. The Labute approximate surface area is 120 Å². The van der Waals surface area contributed by atoms with Crippen molar-refractivity contribution in [2.45, 2.75) is 31.8 Å². The number of hydrogen-bond acceptors (Lipinski definition) is 4. The molecule has 1 aliphatic carbocycles. The first kappa shape index (κ1) is 14.8. The van der Waals surface area contributed by atoms with Gasteiger partial charge < -0.3 is 15.2 Å². The topological polar surface area (TPSA) is 65.3 Å². The molecule has 108 valence electrons. The van der Waals surface area contributed by atoms with Gasteiger partial charge in [0.15, 0.2) is 0 Å². The maximum absolute atomic E-state index is 9.82. The summed E-state index contributed by atoms with van der Waals surface area (Å²) in [5.41, 5.74) is 0.565. The molecule has 1 fully saturated rings. The van der Waals surface area contributed by atoms with Crippen LogP contribution in [-0.2, 0) is 0 Å². The van der Waals surface area contributed by atoms with Crippen LogP contribution in [0.3, 0.4) is 0 Å². The molecule has 2 rings (SSSR count). The summed E-state index contributed by atoms with van der Waals surface area (Å²) in [5.74, 6) is 1.52. The number of nitriles is 1. The van der Waals surface area contributed by atoms with Gasteiger partial charge in [0, 0.05) is 6.54 Å². The number of nitrogens with zero attached hydrogens (tertiary/aromatic N) is 1. The van der Waals surface area contributed by atoms with E-state index in [4.69, 9.17) is 10.00 Å². The summed E-state index contributed by atoms with van der Waals surface area (Å²) in [4.78, 5) is 0. The van der Waals surface area contributed by atoms with Crippen LogP contribution < -0.4 is 10.1 Å². The van der Waals surface area contributed by atoms with Crippen molar-refractivity contribution in [3.8, 4) is 11.8 Å². The number of nitrogens with one attached hydrogen (secondary N) is 1. The SMILES string of the molecule is N#Cc1cccc(OCC(O)CNCCC2CCC2)c1. The zero-order valence-electron chi connectivity index (χ0n) is 11.7. The molecule has 2 N–H and O–H groups in total. The van der Waals surface area contributed by atoms with Gasteiger partial charge in [-0.05, 0) is 37.1 Å². The minimum atomic E-state index is -0.526. The molecule has 1 aliphatic rings. The van der Waals surface area contributed by atoms with Gasteiger partial charge in [0.25, 0.3) is 0 Å². The molecule has 1 aromatic carbocycles. The van der Waals surface area contributed by atoms with Crippen LogP contribution in [-0.4, -0.2) is 30.9 Å². The lowest BCUT2D eigenvalue weighted by molar-refractivity contribution is 0.105. The Morgan fingerprint density at radius 3 is 3.00 bits per heavy atom. The van der Waals surface area contributed by atoms with Crippen LogP contribution in [0.5, 0.6) is 5.75 Å². The molecular weight excluding hydrogens is 252 g/mol. The highest BCUT2D eigenvalue weighted by Crippen LogP contribution is 2.28. The van der Waals surface area contributed by atoms with Crippen LogP contribution in [0.25, 0.3) is 0 Å². The largest absolute Gasteiger partial charge is 0.491 e. The first-order chi connectivity index (χ1) is 9.78. The second kappa shape index (κ2) is 7.88. The zero-order valence-corrected chi connectivity index (χ0v) is 11.7. The lowest BCUT2D eigenvalue weighted by atomic mass is 9.83. The monoisotopic (exact) mass is 274 g/mol. The number of hydrogen-bond donors (Lipinski definition) is 2. The first-order valence-electron chi connectivity index (χ1n) is 7.29. The Morgan fingerprint density at radius 1 is 1.45 bits per heavy atom. The Kier molecular flexibility index (Phi) is 5.85. The third-order valence-electron chi connectivity index (χ3n) is 3.74. The summed E-state index contributed by atoms with van der Waals surface area (Å²) in [5, 5.41) is 21.9. The molecule has 0 aromatic heterocycles. The van der Waals surface area contributed by atoms with Crippen LogP contribution in [0.2, 0.25) is 0 Å². The standard InChI is InChI=1S/C16H22N2O2/c17-10-14-5-2-6-16(9-14)20-12-15(19)11-18-8-7-13-3-1-4-13/h2,5-6,9,13,15,18-19H,1,3-4,7-8,11-12H2. The van der Waals surface area contributed by atoms with Crippen LogP contribution >= 0.6 is 0 Å². The third kappa shape index (κ3) is 4.84. The van der Waals surface area contributed by atoms with E-state index in [0.29, 0.717) is 17.9 Å². The molecular formula is C16H22N2O2. The summed E-state index contributed by atoms with van der Waals surface area (Å²) in [6, 6.07) is 9.03. The van der Waals surface area contributed by atoms with E-state index in [2.05, 4.69) is 11.4 Å². The molecule has 0 amide bonds. The number of benzene rings is 1. The van der Waals surface area contributed by atoms with E-state index < -0.39 is 6.10 Å². The smallest absolute Gasteiger partial charge is 0.120 e. The normalized spacial score (nSPS) is 16.2. The molecule has 0 heterocycles. The van der Waals surface area contributed by atoms with Gasteiger partial charge in [-0.3, -0.25) is 0 Å². The summed E-state index contributed by atoms with van der Waals surface area (Å²) in [6.45, 7) is 1.75. The average molecular weight is 274 g/mol. The highest BCUT2D eigenvalue weighted by Gasteiger charge is 2.16. The van der Waals surface area contributed by atoms with Crippen molar-refractivity contribution in [3.05, 3.63) is 29.8 Å². The van der Waals surface area contributed by atoms with Crippen LogP contribution in [0.1, 0.15) is 31.2 Å². The van der Waals surface area contributed by atoms with Crippen molar-refractivity contribution in [1.29, 1.82) is 5.26 Å². The molecule has 0 saturated heterocycles. The maximum atomic E-state index is 9.82. The highest BCUT2D eigenvalue weighted by atomic mass is 16.5. The lowest BCUT2D eigenvalue weighted by Gasteiger charge is -2.25. The third-order valence-corrected chi connectivity index (χ3v) is 3.74.